The average molecular weight is 512 g/mol. The molecule has 0 radical (unpaired) electrons. The molecule has 36 heavy (non-hydrogen) atoms. The summed E-state index contributed by atoms with van der Waals surface area (Å²) in [6, 6.07) is -3.72. The summed E-state index contributed by atoms with van der Waals surface area (Å²) in [7, 11) is 0. The molecule has 3 unspecified atom stereocenters. The highest BCUT2D eigenvalue weighted by atomic mass is 16.4. The first kappa shape index (κ1) is 30.9. The van der Waals surface area contributed by atoms with E-state index in [2.05, 4.69) is 26.6 Å². The number of carbonyl (C=O) groups excluding carboxylic acids is 5. The Balaban J connectivity index is 3.11. The Labute approximate surface area is 212 Å². The van der Waals surface area contributed by atoms with Crippen molar-refractivity contribution in [1.82, 2.24) is 26.6 Å². The summed E-state index contributed by atoms with van der Waals surface area (Å²) in [5, 5.41) is 21.6. The van der Waals surface area contributed by atoms with E-state index in [9.17, 15) is 28.8 Å². The second-order valence-corrected chi connectivity index (χ2v) is 10.4. The molecule has 1 aliphatic heterocycles. The highest BCUT2D eigenvalue weighted by Gasteiger charge is 2.36. The first-order chi connectivity index (χ1) is 16.7. The lowest BCUT2D eigenvalue weighted by atomic mass is 9.94. The van der Waals surface area contributed by atoms with Gasteiger partial charge in [-0.15, -0.1) is 0 Å². The van der Waals surface area contributed by atoms with E-state index in [0.29, 0.717) is 13.0 Å². The van der Waals surface area contributed by atoms with E-state index in [1.165, 1.54) is 0 Å². The van der Waals surface area contributed by atoms with Gasteiger partial charge >= 0.3 is 6.09 Å². The van der Waals surface area contributed by atoms with E-state index in [1.807, 2.05) is 27.7 Å². The van der Waals surface area contributed by atoms with Gasteiger partial charge < -0.3 is 31.7 Å². The Kier molecular flexibility index (Phi) is 12.3. The Morgan fingerprint density at radius 3 is 1.75 bits per heavy atom. The number of rotatable bonds is 14. The topological polar surface area (TPSA) is 183 Å². The fourth-order valence-electron chi connectivity index (χ4n) is 3.98. The molecule has 12 heteroatoms. The number of amides is 5. The minimum atomic E-state index is -1.36. The van der Waals surface area contributed by atoms with Crippen LogP contribution in [0.3, 0.4) is 0 Å². The van der Waals surface area contributed by atoms with Crippen LogP contribution in [0.1, 0.15) is 67.2 Å². The maximum absolute atomic E-state index is 13.2. The van der Waals surface area contributed by atoms with Gasteiger partial charge in [-0.3, -0.25) is 24.0 Å². The van der Waals surface area contributed by atoms with E-state index in [1.54, 1.807) is 13.8 Å². The zero-order valence-electron chi connectivity index (χ0n) is 22.0. The molecule has 1 fully saturated rings. The average Bonchev–Trinajstić information content (AvgIpc) is 3.14. The zero-order chi connectivity index (χ0) is 27.6. The van der Waals surface area contributed by atoms with Gasteiger partial charge in [0.15, 0.2) is 0 Å². The van der Waals surface area contributed by atoms with Gasteiger partial charge in [0.25, 0.3) is 5.91 Å². The second-order valence-electron chi connectivity index (χ2n) is 10.4. The number of hydrogen-bond acceptors (Lipinski definition) is 6. The molecular formula is C24H41N5O7. The second kappa shape index (κ2) is 14.4. The van der Waals surface area contributed by atoms with Gasteiger partial charge in [-0.05, 0) is 51.4 Å². The minimum Gasteiger partial charge on any atom is -0.465 e. The van der Waals surface area contributed by atoms with Crippen molar-refractivity contribution in [3.63, 3.8) is 0 Å². The fraction of sp³-hybridized carbons (Fsp3) is 0.750. The van der Waals surface area contributed by atoms with Crippen molar-refractivity contribution < 1.29 is 33.9 Å². The largest absolute Gasteiger partial charge is 0.465 e. The highest BCUT2D eigenvalue weighted by molar-refractivity contribution is 6.38. The van der Waals surface area contributed by atoms with Crippen LogP contribution < -0.4 is 26.6 Å². The summed E-state index contributed by atoms with van der Waals surface area (Å²) < 4.78 is 0. The molecule has 0 aromatic heterocycles. The molecule has 1 rings (SSSR count). The number of Topliss-reactive ketones (excluding diaryl/α,β-unsaturated/α-hetero) is 1. The first-order valence-electron chi connectivity index (χ1n) is 12.4. The molecule has 1 saturated heterocycles. The smallest absolute Gasteiger partial charge is 0.405 e. The van der Waals surface area contributed by atoms with Crippen LogP contribution in [0, 0.1) is 17.8 Å². The molecule has 5 amide bonds. The van der Waals surface area contributed by atoms with Gasteiger partial charge in [0.2, 0.25) is 23.5 Å². The van der Waals surface area contributed by atoms with Crippen molar-refractivity contribution in [3.8, 4) is 0 Å². The van der Waals surface area contributed by atoms with E-state index in [-0.39, 0.29) is 43.0 Å². The summed E-state index contributed by atoms with van der Waals surface area (Å²) in [6.07, 6.45) is -0.518. The van der Waals surface area contributed by atoms with Crippen LogP contribution in [0.2, 0.25) is 0 Å². The molecule has 4 atom stereocenters. The Morgan fingerprint density at radius 2 is 1.33 bits per heavy atom. The third kappa shape index (κ3) is 10.6. The Bertz CT molecular complexity index is 828. The lowest BCUT2D eigenvalue weighted by Gasteiger charge is -2.27. The predicted octanol–water partition coefficient (Wildman–Crippen LogP) is 0.304. The van der Waals surface area contributed by atoms with Gasteiger partial charge in [-0.1, -0.05) is 27.7 Å². The standard InChI is InChI=1S/C24H41N5O7/c1-12(2)9-17(28-22(33)18(10-13(3)4)29-24(35)36)21(32)27-16(11-15-7-8-25-20(15)31)19(30)23(34)26-14(5)6/h12-18,29H,7-11H2,1-6H3,(H,25,31)(H,26,34)(H,27,32)(H,28,33)(H,35,36)/t15-,16?,17?,18?/m0/s1. The molecule has 204 valence electrons. The number of ketones is 1. The molecule has 0 saturated carbocycles. The molecule has 12 nitrogen and oxygen atoms in total. The van der Waals surface area contributed by atoms with Gasteiger partial charge in [0.05, 0.1) is 6.04 Å². The van der Waals surface area contributed by atoms with Gasteiger partial charge in [0, 0.05) is 18.5 Å². The van der Waals surface area contributed by atoms with E-state index in [0.717, 1.165) is 0 Å². The maximum Gasteiger partial charge on any atom is 0.405 e. The van der Waals surface area contributed by atoms with Crippen molar-refractivity contribution in [1.29, 1.82) is 0 Å². The van der Waals surface area contributed by atoms with Crippen LogP contribution in [-0.2, 0) is 24.0 Å². The molecule has 0 aromatic carbocycles. The molecule has 0 aliphatic carbocycles. The molecule has 1 heterocycles. The first-order valence-corrected chi connectivity index (χ1v) is 12.4. The van der Waals surface area contributed by atoms with Gasteiger partial charge in [0.1, 0.15) is 12.1 Å². The molecule has 6 N–H and O–H groups in total. The summed E-state index contributed by atoms with van der Waals surface area (Å²) in [4.78, 5) is 74.7. The number of hydrogen-bond donors (Lipinski definition) is 6. The van der Waals surface area contributed by atoms with E-state index < -0.39 is 53.6 Å². The maximum atomic E-state index is 13.2. The van der Waals surface area contributed by atoms with Crippen LogP contribution in [-0.4, -0.2) is 71.3 Å². The van der Waals surface area contributed by atoms with E-state index >= 15 is 0 Å². The van der Waals surface area contributed by atoms with Gasteiger partial charge in [-0.25, -0.2) is 4.79 Å². The predicted molar refractivity (Wildman–Crippen MR) is 132 cm³/mol. The highest BCUT2D eigenvalue weighted by Crippen LogP contribution is 2.17. The third-order valence-electron chi connectivity index (χ3n) is 5.62. The molecule has 0 aromatic rings. The quantitative estimate of drug-likeness (QED) is 0.181. The van der Waals surface area contributed by atoms with Crippen LogP contribution in [0.15, 0.2) is 0 Å². The van der Waals surface area contributed by atoms with Crippen LogP contribution >= 0.6 is 0 Å². The van der Waals surface area contributed by atoms with Gasteiger partial charge in [-0.2, -0.15) is 0 Å². The molecule has 0 spiro atoms. The third-order valence-corrected chi connectivity index (χ3v) is 5.62. The zero-order valence-corrected chi connectivity index (χ0v) is 22.0. The van der Waals surface area contributed by atoms with Crippen molar-refractivity contribution in [2.45, 2.75) is 91.4 Å². The Hall–Kier alpha value is -3.18. The number of carbonyl (C=O) groups is 6. The molecular weight excluding hydrogens is 470 g/mol. The fourth-order valence-corrected chi connectivity index (χ4v) is 3.98. The monoisotopic (exact) mass is 511 g/mol. The van der Waals surface area contributed by atoms with Crippen molar-refractivity contribution >= 4 is 35.5 Å². The minimum absolute atomic E-state index is 0.00371. The lowest BCUT2D eigenvalue weighted by molar-refractivity contribution is -0.141. The van der Waals surface area contributed by atoms with E-state index in [4.69, 9.17) is 5.11 Å². The summed E-state index contributed by atoms with van der Waals surface area (Å²) in [5.41, 5.74) is 0. The normalized spacial score (nSPS) is 17.8. The number of carboxylic acid groups (broad SMARTS) is 1. The molecule has 0 bridgehead atoms. The van der Waals surface area contributed by atoms with Crippen LogP contribution in [0.5, 0.6) is 0 Å². The van der Waals surface area contributed by atoms with Crippen LogP contribution in [0.25, 0.3) is 0 Å². The van der Waals surface area contributed by atoms with Crippen molar-refractivity contribution in [2.24, 2.45) is 17.8 Å². The molecule has 1 aliphatic rings. The lowest BCUT2D eigenvalue weighted by Crippen LogP contribution is -2.57. The number of nitrogens with one attached hydrogen (secondary N) is 5. The van der Waals surface area contributed by atoms with Crippen LogP contribution in [0.4, 0.5) is 4.79 Å². The van der Waals surface area contributed by atoms with Crippen molar-refractivity contribution in [2.75, 3.05) is 6.54 Å². The summed E-state index contributed by atoms with van der Waals surface area (Å²) in [5.74, 6) is -3.93. The SMILES string of the molecule is CC(C)CC(NC(=O)O)C(=O)NC(CC(C)C)C(=O)NC(C[C@@H]1CCNC1=O)C(=O)C(=O)NC(C)C. The summed E-state index contributed by atoms with van der Waals surface area (Å²) in [6.45, 7) is 11.2. The summed E-state index contributed by atoms with van der Waals surface area (Å²) >= 11 is 0. The van der Waals surface area contributed by atoms with Crippen molar-refractivity contribution in [3.05, 3.63) is 0 Å². The Morgan fingerprint density at radius 1 is 0.833 bits per heavy atom.